The summed E-state index contributed by atoms with van der Waals surface area (Å²) in [5.41, 5.74) is 2.03. The third-order valence-electron chi connectivity index (χ3n) is 2.95. The molecule has 2 aromatic heterocycles. The largest absolute Gasteiger partial charge is 0.477 e. The van der Waals surface area contributed by atoms with Crippen molar-refractivity contribution in [3.63, 3.8) is 0 Å². The smallest absolute Gasteiger partial charge is 0.352 e. The van der Waals surface area contributed by atoms with Gasteiger partial charge in [-0.3, -0.25) is 4.79 Å². The molecule has 0 atom stereocenters. The fraction of sp³-hybridized carbons (Fsp3) is 0.231. The van der Waals surface area contributed by atoms with E-state index in [1.54, 1.807) is 26.1 Å². The molecule has 7 nitrogen and oxygen atoms in total. The first-order valence-electron chi connectivity index (χ1n) is 5.96. The predicted octanol–water partition coefficient (Wildman–Crippen LogP) is 1.05. The summed E-state index contributed by atoms with van der Waals surface area (Å²) in [5, 5.41) is 11.7. The van der Waals surface area contributed by atoms with E-state index in [-0.39, 0.29) is 18.1 Å². The van der Waals surface area contributed by atoms with Gasteiger partial charge < -0.3 is 15.4 Å². The Morgan fingerprint density at radius 3 is 2.70 bits per heavy atom. The molecule has 0 aliphatic heterocycles. The van der Waals surface area contributed by atoms with Crippen molar-refractivity contribution in [2.24, 2.45) is 0 Å². The maximum absolute atomic E-state index is 12.1. The van der Waals surface area contributed by atoms with E-state index in [1.807, 2.05) is 0 Å². The number of hydrogen-bond acceptors (Lipinski definition) is 4. The highest BCUT2D eigenvalue weighted by molar-refractivity contribution is 6.00. The van der Waals surface area contributed by atoms with Crippen LogP contribution in [0.4, 0.5) is 0 Å². The Labute approximate surface area is 115 Å². The van der Waals surface area contributed by atoms with Gasteiger partial charge in [-0.2, -0.15) is 0 Å². The number of nitrogens with zero attached hydrogens (tertiary/aromatic N) is 2. The van der Waals surface area contributed by atoms with E-state index in [9.17, 15) is 9.59 Å². The number of carbonyl (C=O) groups is 2. The molecule has 2 rings (SSSR count). The summed E-state index contributed by atoms with van der Waals surface area (Å²) in [7, 11) is 0. The Morgan fingerprint density at radius 1 is 1.40 bits per heavy atom. The lowest BCUT2D eigenvalue weighted by Crippen LogP contribution is -2.24. The molecule has 0 aliphatic carbocycles. The molecule has 0 aromatic carbocycles. The molecule has 0 aliphatic rings. The summed E-state index contributed by atoms with van der Waals surface area (Å²) in [6.45, 7) is 3.53. The highest BCUT2D eigenvalue weighted by Crippen LogP contribution is 2.17. The Balaban J connectivity index is 2.16. The van der Waals surface area contributed by atoms with Crippen LogP contribution in [0.5, 0.6) is 0 Å². The highest BCUT2D eigenvalue weighted by atomic mass is 16.4. The van der Waals surface area contributed by atoms with Crippen molar-refractivity contribution in [3.05, 3.63) is 46.8 Å². The third-order valence-corrected chi connectivity index (χ3v) is 2.95. The van der Waals surface area contributed by atoms with Crippen LogP contribution in [0.2, 0.25) is 0 Å². The van der Waals surface area contributed by atoms with Gasteiger partial charge >= 0.3 is 5.97 Å². The lowest BCUT2D eigenvalue weighted by Gasteiger charge is -2.05. The average molecular weight is 274 g/mol. The van der Waals surface area contributed by atoms with Gasteiger partial charge in [-0.15, -0.1) is 0 Å². The third kappa shape index (κ3) is 2.66. The van der Waals surface area contributed by atoms with Gasteiger partial charge in [0.1, 0.15) is 12.0 Å². The molecule has 20 heavy (non-hydrogen) atoms. The van der Waals surface area contributed by atoms with Crippen molar-refractivity contribution in [2.45, 2.75) is 20.4 Å². The Bertz CT molecular complexity index is 649. The van der Waals surface area contributed by atoms with Crippen molar-refractivity contribution in [1.82, 2.24) is 20.3 Å². The zero-order valence-corrected chi connectivity index (χ0v) is 11.1. The molecule has 3 N–H and O–H groups in total. The minimum Gasteiger partial charge on any atom is -0.477 e. The van der Waals surface area contributed by atoms with Crippen molar-refractivity contribution in [2.75, 3.05) is 0 Å². The quantitative estimate of drug-likeness (QED) is 0.772. The molecule has 104 valence electrons. The van der Waals surface area contributed by atoms with Crippen molar-refractivity contribution < 1.29 is 14.7 Å². The van der Waals surface area contributed by atoms with Crippen LogP contribution in [0.25, 0.3) is 0 Å². The van der Waals surface area contributed by atoms with Gasteiger partial charge in [0.2, 0.25) is 0 Å². The first-order chi connectivity index (χ1) is 9.50. The molecule has 0 saturated heterocycles. The number of nitrogens with one attached hydrogen (secondary N) is 2. The number of carbonyl (C=O) groups excluding carboxylic acids is 1. The summed E-state index contributed by atoms with van der Waals surface area (Å²) < 4.78 is 0. The molecule has 7 heteroatoms. The summed E-state index contributed by atoms with van der Waals surface area (Å²) in [4.78, 5) is 33.6. The van der Waals surface area contributed by atoms with Crippen LogP contribution in [0.15, 0.2) is 18.6 Å². The zero-order valence-electron chi connectivity index (χ0n) is 11.1. The molecule has 2 aromatic rings. The standard InChI is InChI=1S/C13H14N4O3/c1-7-10(8(2)17-11(7)13(19)20)12(18)15-5-9-3-4-14-6-16-9/h3-4,6,17H,5H2,1-2H3,(H,15,18)(H,19,20). The molecular weight excluding hydrogens is 260 g/mol. The van der Waals surface area contributed by atoms with Crippen LogP contribution in [-0.2, 0) is 6.54 Å². The van der Waals surface area contributed by atoms with E-state index in [2.05, 4.69) is 20.3 Å². The first-order valence-corrected chi connectivity index (χ1v) is 5.96. The molecule has 0 fully saturated rings. The van der Waals surface area contributed by atoms with E-state index in [4.69, 9.17) is 5.11 Å². The number of carboxylic acids is 1. The number of rotatable bonds is 4. The number of aromatic nitrogens is 3. The number of amides is 1. The minimum atomic E-state index is -1.08. The lowest BCUT2D eigenvalue weighted by atomic mass is 10.1. The maximum Gasteiger partial charge on any atom is 0.352 e. The number of carboxylic acid groups (broad SMARTS) is 1. The van der Waals surface area contributed by atoms with Gasteiger partial charge in [0, 0.05) is 11.9 Å². The second kappa shape index (κ2) is 5.52. The number of aromatic carboxylic acids is 1. The normalized spacial score (nSPS) is 10.3. The summed E-state index contributed by atoms with van der Waals surface area (Å²) >= 11 is 0. The predicted molar refractivity (Wildman–Crippen MR) is 70.4 cm³/mol. The molecule has 0 bridgehead atoms. The molecule has 0 radical (unpaired) electrons. The molecule has 0 unspecified atom stereocenters. The average Bonchev–Trinajstić information content (AvgIpc) is 2.73. The van der Waals surface area contributed by atoms with Crippen LogP contribution in [0, 0.1) is 13.8 Å². The van der Waals surface area contributed by atoms with Crippen molar-refractivity contribution in [1.29, 1.82) is 0 Å². The van der Waals surface area contributed by atoms with Crippen LogP contribution >= 0.6 is 0 Å². The van der Waals surface area contributed by atoms with E-state index in [1.165, 1.54) is 6.33 Å². The molecule has 2 heterocycles. The van der Waals surface area contributed by atoms with Crippen molar-refractivity contribution in [3.8, 4) is 0 Å². The number of H-pyrrole nitrogens is 1. The fourth-order valence-corrected chi connectivity index (χ4v) is 1.99. The summed E-state index contributed by atoms with van der Waals surface area (Å²) in [5.74, 6) is -1.41. The monoisotopic (exact) mass is 274 g/mol. The van der Waals surface area contributed by atoms with E-state index < -0.39 is 5.97 Å². The molecular formula is C13H14N4O3. The number of aromatic amines is 1. The second-order valence-corrected chi connectivity index (χ2v) is 4.31. The van der Waals surface area contributed by atoms with Gasteiger partial charge in [0.05, 0.1) is 17.8 Å². The van der Waals surface area contributed by atoms with Gasteiger partial charge in [0.25, 0.3) is 5.91 Å². The van der Waals surface area contributed by atoms with Crippen molar-refractivity contribution >= 4 is 11.9 Å². The lowest BCUT2D eigenvalue weighted by molar-refractivity contribution is 0.0690. The van der Waals surface area contributed by atoms with Crippen LogP contribution in [-0.4, -0.2) is 31.9 Å². The van der Waals surface area contributed by atoms with Crippen LogP contribution in [0.3, 0.4) is 0 Å². The van der Waals surface area contributed by atoms with Gasteiger partial charge in [-0.05, 0) is 25.5 Å². The van der Waals surface area contributed by atoms with Crippen LogP contribution < -0.4 is 5.32 Å². The van der Waals surface area contributed by atoms with E-state index >= 15 is 0 Å². The van der Waals surface area contributed by atoms with Gasteiger partial charge in [-0.25, -0.2) is 14.8 Å². The zero-order chi connectivity index (χ0) is 14.7. The van der Waals surface area contributed by atoms with Gasteiger partial charge in [-0.1, -0.05) is 0 Å². The Hall–Kier alpha value is -2.70. The number of hydrogen-bond donors (Lipinski definition) is 3. The van der Waals surface area contributed by atoms with Crippen LogP contribution in [0.1, 0.15) is 37.8 Å². The SMILES string of the molecule is Cc1[nH]c(C(=O)O)c(C)c1C(=O)NCc1ccncn1. The molecule has 0 spiro atoms. The fourth-order valence-electron chi connectivity index (χ4n) is 1.99. The summed E-state index contributed by atoms with van der Waals surface area (Å²) in [6, 6.07) is 1.69. The minimum absolute atomic E-state index is 0.0367. The molecule has 1 amide bonds. The maximum atomic E-state index is 12.1. The Kier molecular flexibility index (Phi) is 3.79. The molecule has 0 saturated carbocycles. The van der Waals surface area contributed by atoms with E-state index in [0.717, 1.165) is 0 Å². The topological polar surface area (TPSA) is 108 Å². The highest BCUT2D eigenvalue weighted by Gasteiger charge is 2.21. The first kappa shape index (κ1) is 13.7. The van der Waals surface area contributed by atoms with Gasteiger partial charge in [0.15, 0.2) is 0 Å². The van der Waals surface area contributed by atoms with E-state index in [0.29, 0.717) is 22.5 Å². The Morgan fingerprint density at radius 2 is 2.15 bits per heavy atom. The number of aryl methyl sites for hydroxylation is 1. The summed E-state index contributed by atoms with van der Waals surface area (Å²) in [6.07, 6.45) is 2.99. The second-order valence-electron chi connectivity index (χ2n) is 4.31.